The summed E-state index contributed by atoms with van der Waals surface area (Å²) in [7, 11) is 1.63. The van der Waals surface area contributed by atoms with Crippen molar-refractivity contribution in [3.63, 3.8) is 0 Å². The summed E-state index contributed by atoms with van der Waals surface area (Å²) in [6, 6.07) is 9.62. The lowest BCUT2D eigenvalue weighted by atomic mass is 9.97. The highest BCUT2D eigenvalue weighted by Gasteiger charge is 2.32. The van der Waals surface area contributed by atoms with E-state index in [2.05, 4.69) is 10.3 Å². The highest BCUT2D eigenvalue weighted by Crippen LogP contribution is 2.24. The van der Waals surface area contributed by atoms with Crippen LogP contribution in [0.4, 0.5) is 19.0 Å². The predicted molar refractivity (Wildman–Crippen MR) is 92.0 cm³/mol. The molecule has 2 aromatic rings. The van der Waals surface area contributed by atoms with Gasteiger partial charge < -0.3 is 10.1 Å². The number of hydrogen-bond donors (Lipinski definition) is 1. The number of halogens is 3. The first-order valence-corrected chi connectivity index (χ1v) is 8.41. The molecule has 1 N–H and O–H groups in total. The number of pyridine rings is 1. The van der Waals surface area contributed by atoms with Crippen LogP contribution >= 0.6 is 0 Å². The second kappa shape index (κ2) is 7.47. The molecule has 1 aromatic carbocycles. The third-order valence-electron chi connectivity index (χ3n) is 4.58. The lowest BCUT2D eigenvalue weighted by molar-refractivity contribution is -0.148. The Bertz CT molecular complexity index is 712. The number of hydrogen-bond acceptors (Lipinski definition) is 4. The number of rotatable bonds is 5. The van der Waals surface area contributed by atoms with Crippen LogP contribution in [0.5, 0.6) is 5.75 Å². The zero-order chi connectivity index (χ0) is 17.9. The number of aromatic nitrogens is 1. The van der Waals surface area contributed by atoms with Crippen LogP contribution in [0.15, 0.2) is 30.3 Å². The Labute approximate surface area is 145 Å². The molecule has 0 radical (unpaired) electrons. The van der Waals surface area contributed by atoms with Crippen molar-refractivity contribution >= 4 is 16.7 Å². The molecule has 0 spiro atoms. The molecular formula is C18H22F3N3O. The van der Waals surface area contributed by atoms with Gasteiger partial charge in [-0.25, -0.2) is 4.98 Å². The minimum absolute atomic E-state index is 0.373. The molecule has 1 aliphatic rings. The SMILES string of the molecule is COc1ccc2nc(NCC3CCN(CC(F)(F)F)CC3)ccc2c1. The highest BCUT2D eigenvalue weighted by molar-refractivity contribution is 5.81. The normalized spacial score (nSPS) is 17.0. The van der Waals surface area contributed by atoms with Crippen molar-refractivity contribution < 1.29 is 17.9 Å². The van der Waals surface area contributed by atoms with Gasteiger partial charge in [-0.1, -0.05) is 0 Å². The Morgan fingerprint density at radius 2 is 1.96 bits per heavy atom. The third kappa shape index (κ3) is 4.98. The quantitative estimate of drug-likeness (QED) is 0.884. The number of piperidine rings is 1. The third-order valence-corrected chi connectivity index (χ3v) is 4.58. The average molecular weight is 353 g/mol. The summed E-state index contributed by atoms with van der Waals surface area (Å²) in [5, 5.41) is 4.32. The van der Waals surface area contributed by atoms with Gasteiger partial charge in [0.05, 0.1) is 19.2 Å². The Hall–Kier alpha value is -2.02. The van der Waals surface area contributed by atoms with E-state index in [1.165, 1.54) is 4.90 Å². The molecule has 4 nitrogen and oxygen atoms in total. The Balaban J connectivity index is 1.51. The summed E-state index contributed by atoms with van der Waals surface area (Å²) in [6.07, 6.45) is -2.56. The standard InChI is InChI=1S/C18H22F3N3O/c1-25-15-3-4-16-14(10-15)2-5-17(23-16)22-11-13-6-8-24(9-7-13)12-18(19,20)21/h2-5,10,13H,6-9,11-12H2,1H3,(H,22,23). The molecule has 1 aromatic heterocycles. The summed E-state index contributed by atoms with van der Waals surface area (Å²) in [6.45, 7) is 0.922. The first-order chi connectivity index (χ1) is 11.9. The van der Waals surface area contributed by atoms with Crippen LogP contribution in [-0.4, -0.2) is 49.3 Å². The summed E-state index contributed by atoms with van der Waals surface area (Å²) >= 11 is 0. The van der Waals surface area contributed by atoms with E-state index in [1.54, 1.807) is 7.11 Å². The largest absolute Gasteiger partial charge is 0.497 e. The number of anilines is 1. The van der Waals surface area contributed by atoms with Crippen molar-refractivity contribution in [2.45, 2.75) is 19.0 Å². The van der Waals surface area contributed by atoms with E-state index in [0.717, 1.165) is 41.9 Å². The van der Waals surface area contributed by atoms with Crippen LogP contribution in [0.25, 0.3) is 10.9 Å². The Morgan fingerprint density at radius 1 is 1.20 bits per heavy atom. The topological polar surface area (TPSA) is 37.4 Å². The molecule has 3 rings (SSSR count). The Morgan fingerprint density at radius 3 is 2.64 bits per heavy atom. The van der Waals surface area contributed by atoms with Gasteiger partial charge in [0, 0.05) is 11.9 Å². The lowest BCUT2D eigenvalue weighted by Gasteiger charge is -2.32. The second-order valence-corrected chi connectivity index (χ2v) is 6.47. The summed E-state index contributed by atoms with van der Waals surface area (Å²) < 4.78 is 42.4. The molecule has 0 aliphatic carbocycles. The van der Waals surface area contributed by atoms with E-state index in [4.69, 9.17) is 4.74 Å². The van der Waals surface area contributed by atoms with Crippen LogP contribution in [0, 0.1) is 5.92 Å². The first-order valence-electron chi connectivity index (χ1n) is 8.41. The van der Waals surface area contributed by atoms with Gasteiger partial charge >= 0.3 is 6.18 Å². The zero-order valence-corrected chi connectivity index (χ0v) is 14.1. The van der Waals surface area contributed by atoms with E-state index in [1.807, 2.05) is 30.3 Å². The van der Waals surface area contributed by atoms with Crippen molar-refractivity contribution in [3.05, 3.63) is 30.3 Å². The summed E-state index contributed by atoms with van der Waals surface area (Å²) in [5.74, 6) is 1.95. The number of methoxy groups -OCH3 is 1. The summed E-state index contributed by atoms with van der Waals surface area (Å²) in [4.78, 5) is 6.06. The van der Waals surface area contributed by atoms with Crippen molar-refractivity contribution in [2.24, 2.45) is 5.92 Å². The molecule has 0 atom stereocenters. The maximum Gasteiger partial charge on any atom is 0.401 e. The van der Waals surface area contributed by atoms with Crippen LogP contribution in [0.3, 0.4) is 0 Å². The van der Waals surface area contributed by atoms with Gasteiger partial charge in [0.1, 0.15) is 11.6 Å². The maximum atomic E-state index is 12.4. The monoisotopic (exact) mass is 353 g/mol. The number of nitrogens with one attached hydrogen (secondary N) is 1. The minimum Gasteiger partial charge on any atom is -0.497 e. The van der Waals surface area contributed by atoms with E-state index in [9.17, 15) is 13.2 Å². The first kappa shape index (κ1) is 17.8. The lowest BCUT2D eigenvalue weighted by Crippen LogP contribution is -2.41. The van der Waals surface area contributed by atoms with Crippen LogP contribution < -0.4 is 10.1 Å². The van der Waals surface area contributed by atoms with Gasteiger partial charge in [-0.3, -0.25) is 4.90 Å². The molecule has 0 saturated carbocycles. The van der Waals surface area contributed by atoms with E-state index >= 15 is 0 Å². The highest BCUT2D eigenvalue weighted by atomic mass is 19.4. The molecule has 0 bridgehead atoms. The van der Waals surface area contributed by atoms with Gasteiger partial charge in [0.15, 0.2) is 0 Å². The smallest absolute Gasteiger partial charge is 0.401 e. The summed E-state index contributed by atoms with van der Waals surface area (Å²) in [5.41, 5.74) is 0.880. The Kier molecular flexibility index (Phi) is 5.32. The van der Waals surface area contributed by atoms with E-state index in [0.29, 0.717) is 19.0 Å². The molecule has 1 saturated heterocycles. The molecule has 0 amide bonds. The second-order valence-electron chi connectivity index (χ2n) is 6.47. The number of alkyl halides is 3. The molecule has 2 heterocycles. The van der Waals surface area contributed by atoms with E-state index in [-0.39, 0.29) is 0 Å². The van der Waals surface area contributed by atoms with Gasteiger partial charge in [-0.05, 0) is 62.2 Å². The molecule has 1 fully saturated rings. The molecule has 136 valence electrons. The van der Waals surface area contributed by atoms with Crippen molar-refractivity contribution in [1.29, 1.82) is 0 Å². The van der Waals surface area contributed by atoms with E-state index < -0.39 is 12.7 Å². The fraction of sp³-hybridized carbons (Fsp3) is 0.500. The van der Waals surface area contributed by atoms with Gasteiger partial charge in [0.2, 0.25) is 0 Å². The molecular weight excluding hydrogens is 331 g/mol. The number of nitrogens with zero attached hydrogens (tertiary/aromatic N) is 2. The fourth-order valence-corrected chi connectivity index (χ4v) is 3.18. The van der Waals surface area contributed by atoms with Crippen LogP contribution in [0.2, 0.25) is 0 Å². The molecule has 0 unspecified atom stereocenters. The van der Waals surface area contributed by atoms with Crippen LogP contribution in [-0.2, 0) is 0 Å². The number of benzene rings is 1. The number of fused-ring (bicyclic) bond motifs is 1. The fourth-order valence-electron chi connectivity index (χ4n) is 3.18. The average Bonchev–Trinajstić information content (AvgIpc) is 2.59. The zero-order valence-electron chi connectivity index (χ0n) is 14.1. The van der Waals surface area contributed by atoms with Gasteiger partial charge in [-0.15, -0.1) is 0 Å². The molecule has 1 aliphatic heterocycles. The maximum absolute atomic E-state index is 12.4. The predicted octanol–water partition coefficient (Wildman–Crippen LogP) is 3.93. The molecule has 7 heteroatoms. The minimum atomic E-state index is -4.11. The molecule has 25 heavy (non-hydrogen) atoms. The number of likely N-dealkylation sites (tertiary alicyclic amines) is 1. The van der Waals surface area contributed by atoms with Crippen LogP contribution in [0.1, 0.15) is 12.8 Å². The van der Waals surface area contributed by atoms with Crippen molar-refractivity contribution in [3.8, 4) is 5.75 Å². The van der Waals surface area contributed by atoms with Crippen molar-refractivity contribution in [2.75, 3.05) is 38.6 Å². The number of ether oxygens (including phenoxy) is 1. The van der Waals surface area contributed by atoms with Crippen molar-refractivity contribution in [1.82, 2.24) is 9.88 Å². The van der Waals surface area contributed by atoms with Gasteiger partial charge in [-0.2, -0.15) is 13.2 Å². The van der Waals surface area contributed by atoms with Gasteiger partial charge in [0.25, 0.3) is 0 Å².